The number of amides is 1. The number of rotatable bonds is 10. The Hall–Kier alpha value is -3.24. The third-order valence-corrected chi connectivity index (χ3v) is 6.92. The average molecular weight is 472 g/mol. The minimum atomic E-state index is -1.48. The summed E-state index contributed by atoms with van der Waals surface area (Å²) in [6.45, 7) is 1.78. The number of carboxylic acid groups (broad SMARTS) is 2. The van der Waals surface area contributed by atoms with Gasteiger partial charge in [-0.25, -0.2) is 4.79 Å². The Morgan fingerprint density at radius 2 is 1.61 bits per heavy atom. The number of hydrogen-bond donors (Lipinski definition) is 3. The molecule has 1 aliphatic heterocycles. The van der Waals surface area contributed by atoms with Crippen LogP contribution in [0.2, 0.25) is 0 Å². The highest BCUT2D eigenvalue weighted by molar-refractivity contribution is 7.99. The van der Waals surface area contributed by atoms with Crippen LogP contribution in [0.3, 0.4) is 0 Å². The number of aliphatic carboxylic acids is 2. The number of benzene rings is 2. The number of nitroso groups, excluding NO2 is 1. The van der Waals surface area contributed by atoms with Crippen LogP contribution in [-0.2, 0) is 19.1 Å². The van der Waals surface area contributed by atoms with Crippen LogP contribution in [0, 0.1) is 4.91 Å². The molecule has 3 atom stereocenters. The second-order valence-electron chi connectivity index (χ2n) is 7.82. The molecule has 33 heavy (non-hydrogen) atoms. The third-order valence-electron chi connectivity index (χ3n) is 5.85. The molecule has 2 aromatic rings. The number of likely N-dealkylation sites (tertiary alicyclic amines) is 1. The van der Waals surface area contributed by atoms with Crippen molar-refractivity contribution in [1.29, 1.82) is 0 Å². The number of carboxylic acids is 2. The van der Waals surface area contributed by atoms with Gasteiger partial charge in [-0.2, -0.15) is 0 Å². The molecule has 10 heteroatoms. The molecule has 0 bridgehead atoms. The van der Waals surface area contributed by atoms with E-state index in [1.54, 1.807) is 60.7 Å². The van der Waals surface area contributed by atoms with Crippen LogP contribution in [-0.4, -0.2) is 57.6 Å². The average Bonchev–Trinajstić information content (AvgIpc) is 3.32. The van der Waals surface area contributed by atoms with E-state index >= 15 is 0 Å². The van der Waals surface area contributed by atoms with E-state index in [1.165, 1.54) is 11.8 Å². The number of carbonyl (C=O) groups is 3. The molecular formula is C23H25N3O6S. The molecule has 9 nitrogen and oxygen atoms in total. The molecule has 3 N–H and O–H groups in total. The molecule has 3 rings (SSSR count). The zero-order valence-electron chi connectivity index (χ0n) is 18.0. The van der Waals surface area contributed by atoms with Crippen LogP contribution in [0.5, 0.6) is 0 Å². The SMILES string of the molecule is CC(NC(C(=O)O)C(SN=O)(c1ccccc1)c1ccccc1)C(=O)N1CCCC1C(=O)O. The maximum atomic E-state index is 13.1. The summed E-state index contributed by atoms with van der Waals surface area (Å²) in [6.07, 6.45) is 0.902. The van der Waals surface area contributed by atoms with E-state index in [4.69, 9.17) is 0 Å². The smallest absolute Gasteiger partial charge is 0.326 e. The van der Waals surface area contributed by atoms with Crippen molar-refractivity contribution in [3.05, 3.63) is 76.7 Å². The van der Waals surface area contributed by atoms with Gasteiger partial charge in [0, 0.05) is 23.1 Å². The third kappa shape index (κ3) is 4.91. The molecule has 1 heterocycles. The largest absolute Gasteiger partial charge is 0.480 e. The van der Waals surface area contributed by atoms with E-state index in [1.807, 2.05) is 0 Å². The molecule has 0 aliphatic carbocycles. The summed E-state index contributed by atoms with van der Waals surface area (Å²) in [5.41, 5.74) is 1.04. The van der Waals surface area contributed by atoms with E-state index < -0.39 is 40.7 Å². The molecule has 0 radical (unpaired) electrons. The zero-order valence-corrected chi connectivity index (χ0v) is 18.8. The predicted octanol–water partition coefficient (Wildman–Crippen LogP) is 2.85. The van der Waals surface area contributed by atoms with Gasteiger partial charge in [-0.15, -0.1) is 4.91 Å². The summed E-state index contributed by atoms with van der Waals surface area (Å²) in [7, 11) is 0. The highest BCUT2D eigenvalue weighted by Gasteiger charge is 2.49. The van der Waals surface area contributed by atoms with Crippen LogP contribution in [0.4, 0.5) is 0 Å². The molecule has 2 aromatic carbocycles. The summed E-state index contributed by atoms with van der Waals surface area (Å²) in [6, 6.07) is 13.9. The van der Waals surface area contributed by atoms with Crippen LogP contribution in [0.1, 0.15) is 30.9 Å². The summed E-state index contributed by atoms with van der Waals surface area (Å²) in [4.78, 5) is 50.1. The first-order valence-corrected chi connectivity index (χ1v) is 11.2. The van der Waals surface area contributed by atoms with Crippen LogP contribution >= 0.6 is 11.9 Å². The highest BCUT2D eigenvalue weighted by Crippen LogP contribution is 2.46. The monoisotopic (exact) mass is 471 g/mol. The van der Waals surface area contributed by atoms with Gasteiger partial charge in [0.2, 0.25) is 5.91 Å². The maximum Gasteiger partial charge on any atom is 0.326 e. The van der Waals surface area contributed by atoms with E-state index in [0.717, 1.165) is 0 Å². The fourth-order valence-corrected chi connectivity index (χ4v) is 5.18. The van der Waals surface area contributed by atoms with Crippen molar-refractivity contribution in [2.24, 2.45) is 4.58 Å². The van der Waals surface area contributed by atoms with Crippen molar-refractivity contribution in [3.8, 4) is 0 Å². The standard InChI is InChI=1S/C23H25N3O6S/c1-15(20(27)26-14-8-13-18(26)21(28)29)24-19(22(30)31)23(33-25-32,16-9-4-2-5-10-16)17-11-6-3-7-12-17/h2-7,9-12,15,18-19,24H,8,13-14H2,1H3,(H,28,29)(H,30,31). The Labute approximate surface area is 195 Å². The quantitative estimate of drug-likeness (QED) is 0.355. The van der Waals surface area contributed by atoms with Gasteiger partial charge in [-0.3, -0.25) is 14.9 Å². The first-order chi connectivity index (χ1) is 15.8. The fourth-order valence-electron chi connectivity index (χ4n) is 4.31. The number of carbonyl (C=O) groups excluding carboxylic acids is 1. The molecular weight excluding hydrogens is 446 g/mol. The van der Waals surface area contributed by atoms with Gasteiger partial charge in [0.15, 0.2) is 0 Å². The molecule has 1 aliphatic rings. The van der Waals surface area contributed by atoms with Gasteiger partial charge >= 0.3 is 11.9 Å². The molecule has 0 saturated carbocycles. The van der Waals surface area contributed by atoms with Crippen molar-refractivity contribution in [3.63, 3.8) is 0 Å². The minimum Gasteiger partial charge on any atom is -0.480 e. The van der Waals surface area contributed by atoms with E-state index in [0.29, 0.717) is 35.9 Å². The first kappa shape index (κ1) is 24.4. The number of nitrogens with one attached hydrogen (secondary N) is 1. The van der Waals surface area contributed by atoms with Crippen molar-refractivity contribution < 1.29 is 24.6 Å². The lowest BCUT2D eigenvalue weighted by Crippen LogP contribution is -2.59. The second-order valence-corrected chi connectivity index (χ2v) is 8.80. The van der Waals surface area contributed by atoms with Crippen molar-refractivity contribution in [2.75, 3.05) is 6.54 Å². The summed E-state index contributed by atoms with van der Waals surface area (Å²) < 4.78 is 1.54. The maximum absolute atomic E-state index is 13.1. The summed E-state index contributed by atoms with van der Waals surface area (Å²) >= 11 is 0.565. The lowest BCUT2D eigenvalue weighted by atomic mass is 9.83. The van der Waals surface area contributed by atoms with Crippen molar-refractivity contribution in [1.82, 2.24) is 10.2 Å². The van der Waals surface area contributed by atoms with Gasteiger partial charge in [0.05, 0.1) is 6.04 Å². The Morgan fingerprint density at radius 1 is 1.06 bits per heavy atom. The van der Waals surface area contributed by atoms with Gasteiger partial charge in [0.25, 0.3) is 0 Å². The van der Waals surface area contributed by atoms with Crippen LogP contribution < -0.4 is 5.32 Å². The molecule has 0 spiro atoms. The lowest BCUT2D eigenvalue weighted by molar-refractivity contribution is -0.149. The Balaban J connectivity index is 2.05. The van der Waals surface area contributed by atoms with Gasteiger partial charge in [0.1, 0.15) is 16.8 Å². The number of nitrogens with zero attached hydrogens (tertiary/aromatic N) is 2. The first-order valence-electron chi connectivity index (χ1n) is 10.5. The predicted molar refractivity (Wildman–Crippen MR) is 123 cm³/mol. The Bertz CT molecular complexity index is 964. The number of hydrogen-bond acceptors (Lipinski definition) is 7. The van der Waals surface area contributed by atoms with Crippen LogP contribution in [0.25, 0.3) is 0 Å². The molecule has 174 valence electrons. The van der Waals surface area contributed by atoms with Crippen molar-refractivity contribution >= 4 is 29.8 Å². The van der Waals surface area contributed by atoms with Crippen molar-refractivity contribution in [2.45, 2.75) is 42.6 Å². The molecule has 1 amide bonds. The molecule has 3 unspecified atom stereocenters. The molecule has 0 aromatic heterocycles. The lowest BCUT2D eigenvalue weighted by Gasteiger charge is -2.38. The van der Waals surface area contributed by atoms with Gasteiger partial charge in [-0.05, 0) is 30.9 Å². The fraction of sp³-hybridized carbons (Fsp3) is 0.348. The Morgan fingerprint density at radius 3 is 2.06 bits per heavy atom. The van der Waals surface area contributed by atoms with E-state index in [-0.39, 0.29) is 6.54 Å². The highest BCUT2D eigenvalue weighted by atomic mass is 32.2. The Kier molecular flexibility index (Phi) is 7.83. The van der Waals surface area contributed by atoms with E-state index in [2.05, 4.69) is 9.90 Å². The normalized spacial score (nSPS) is 17.8. The summed E-state index contributed by atoms with van der Waals surface area (Å²) in [5.74, 6) is -2.88. The summed E-state index contributed by atoms with van der Waals surface area (Å²) in [5, 5.41) is 22.5. The molecule has 1 saturated heterocycles. The zero-order chi connectivity index (χ0) is 24.0. The molecule has 1 fully saturated rings. The van der Waals surface area contributed by atoms with E-state index in [9.17, 15) is 29.5 Å². The van der Waals surface area contributed by atoms with Gasteiger partial charge in [-0.1, -0.05) is 60.7 Å². The minimum absolute atomic E-state index is 0.284. The van der Waals surface area contributed by atoms with Crippen LogP contribution in [0.15, 0.2) is 65.2 Å². The van der Waals surface area contributed by atoms with Gasteiger partial charge < -0.3 is 15.1 Å². The second kappa shape index (κ2) is 10.6. The topological polar surface area (TPSA) is 136 Å².